The summed E-state index contributed by atoms with van der Waals surface area (Å²) in [6, 6.07) is 7.56. The third kappa shape index (κ3) is 6.77. The smallest absolute Gasteiger partial charge is 0.0108 e. The molecule has 0 aromatic heterocycles. The van der Waals surface area contributed by atoms with Crippen LogP contribution in [0.1, 0.15) is 56.7 Å². The molecule has 0 saturated carbocycles. The molecule has 1 N–H and O–H groups in total. The Kier molecular flexibility index (Phi) is 7.15. The van der Waals surface area contributed by atoms with Crippen LogP contribution in [0, 0.1) is 19.8 Å². The van der Waals surface area contributed by atoms with Gasteiger partial charge in [-0.3, -0.25) is 0 Å². The second kappa shape index (κ2) is 8.37. The van der Waals surface area contributed by atoms with E-state index in [1.807, 2.05) is 0 Å². The fourth-order valence-electron chi connectivity index (χ4n) is 2.63. The molecule has 108 valence electrons. The maximum absolute atomic E-state index is 3.71. The quantitative estimate of drug-likeness (QED) is 0.718. The molecule has 19 heavy (non-hydrogen) atoms. The molecular formula is C18H31N. The third-order valence-corrected chi connectivity index (χ3v) is 3.54. The molecule has 1 atom stereocenters. The van der Waals surface area contributed by atoms with Crippen LogP contribution in [-0.4, -0.2) is 12.6 Å². The average Bonchev–Trinajstić information content (AvgIpc) is 2.31. The summed E-state index contributed by atoms with van der Waals surface area (Å²) in [6.07, 6.45) is 4.97. The fourth-order valence-corrected chi connectivity index (χ4v) is 2.63. The van der Waals surface area contributed by atoms with Gasteiger partial charge in [-0.05, 0) is 57.6 Å². The lowest BCUT2D eigenvalue weighted by Gasteiger charge is -2.20. The highest BCUT2D eigenvalue weighted by Crippen LogP contribution is 2.15. The molecule has 1 heteroatoms. The van der Waals surface area contributed by atoms with Crippen molar-refractivity contribution in [3.05, 3.63) is 34.9 Å². The van der Waals surface area contributed by atoms with Gasteiger partial charge in [-0.25, -0.2) is 0 Å². The SMILES string of the molecule is CCCNC(CCC(C)C)Cc1cc(C)cc(C)c1. The highest BCUT2D eigenvalue weighted by molar-refractivity contribution is 5.29. The van der Waals surface area contributed by atoms with Gasteiger partial charge < -0.3 is 5.32 Å². The summed E-state index contributed by atoms with van der Waals surface area (Å²) in [5, 5.41) is 3.71. The predicted molar refractivity (Wildman–Crippen MR) is 85.8 cm³/mol. The Labute approximate surface area is 119 Å². The monoisotopic (exact) mass is 261 g/mol. The minimum absolute atomic E-state index is 0.628. The van der Waals surface area contributed by atoms with Gasteiger partial charge in [-0.15, -0.1) is 0 Å². The van der Waals surface area contributed by atoms with Gasteiger partial charge in [0.2, 0.25) is 0 Å². The molecule has 0 heterocycles. The standard InChI is InChI=1S/C18H31N/c1-6-9-19-18(8-7-14(2)3)13-17-11-15(4)10-16(5)12-17/h10-12,14,18-19H,6-9,13H2,1-5H3. The van der Waals surface area contributed by atoms with Gasteiger partial charge in [0.25, 0.3) is 0 Å². The van der Waals surface area contributed by atoms with E-state index in [2.05, 4.69) is 58.1 Å². The second-order valence-corrected chi connectivity index (χ2v) is 6.32. The minimum Gasteiger partial charge on any atom is -0.314 e. The van der Waals surface area contributed by atoms with E-state index in [0.717, 1.165) is 18.9 Å². The van der Waals surface area contributed by atoms with Crippen molar-refractivity contribution < 1.29 is 0 Å². The van der Waals surface area contributed by atoms with Crippen molar-refractivity contribution in [3.63, 3.8) is 0 Å². The molecule has 1 rings (SSSR count). The summed E-state index contributed by atoms with van der Waals surface area (Å²) in [4.78, 5) is 0. The van der Waals surface area contributed by atoms with Crippen LogP contribution in [0.4, 0.5) is 0 Å². The van der Waals surface area contributed by atoms with E-state index in [1.54, 1.807) is 0 Å². The first-order chi connectivity index (χ1) is 9.01. The van der Waals surface area contributed by atoms with Gasteiger partial charge >= 0.3 is 0 Å². The zero-order valence-corrected chi connectivity index (χ0v) is 13.4. The average molecular weight is 261 g/mol. The molecule has 1 nitrogen and oxygen atoms in total. The van der Waals surface area contributed by atoms with Gasteiger partial charge in [0.1, 0.15) is 0 Å². The van der Waals surface area contributed by atoms with Crippen LogP contribution in [0.15, 0.2) is 18.2 Å². The maximum Gasteiger partial charge on any atom is 0.0108 e. The molecule has 0 aliphatic carbocycles. The molecule has 0 aliphatic heterocycles. The van der Waals surface area contributed by atoms with Gasteiger partial charge in [0, 0.05) is 6.04 Å². The normalized spacial score (nSPS) is 12.9. The molecular weight excluding hydrogens is 230 g/mol. The summed E-state index contributed by atoms with van der Waals surface area (Å²) in [5.74, 6) is 0.796. The van der Waals surface area contributed by atoms with E-state index >= 15 is 0 Å². The molecule has 0 amide bonds. The van der Waals surface area contributed by atoms with Crippen LogP contribution < -0.4 is 5.32 Å². The number of hydrogen-bond acceptors (Lipinski definition) is 1. The molecule has 0 fully saturated rings. The molecule has 1 unspecified atom stereocenters. The van der Waals surface area contributed by atoms with E-state index in [9.17, 15) is 0 Å². The van der Waals surface area contributed by atoms with Crippen molar-refractivity contribution in [1.82, 2.24) is 5.32 Å². The van der Waals surface area contributed by atoms with Crippen molar-refractivity contribution in [1.29, 1.82) is 0 Å². The van der Waals surface area contributed by atoms with Gasteiger partial charge in [-0.2, -0.15) is 0 Å². The van der Waals surface area contributed by atoms with Crippen LogP contribution in [0.25, 0.3) is 0 Å². The van der Waals surface area contributed by atoms with E-state index in [0.29, 0.717) is 6.04 Å². The zero-order chi connectivity index (χ0) is 14.3. The molecule has 0 radical (unpaired) electrons. The minimum atomic E-state index is 0.628. The van der Waals surface area contributed by atoms with E-state index < -0.39 is 0 Å². The van der Waals surface area contributed by atoms with Crippen molar-refractivity contribution >= 4 is 0 Å². The van der Waals surface area contributed by atoms with E-state index in [4.69, 9.17) is 0 Å². The number of aryl methyl sites for hydroxylation is 2. The Balaban J connectivity index is 2.63. The molecule has 1 aromatic rings. The molecule has 0 bridgehead atoms. The Hall–Kier alpha value is -0.820. The molecule has 0 spiro atoms. The van der Waals surface area contributed by atoms with Gasteiger partial charge in [0.05, 0.1) is 0 Å². The van der Waals surface area contributed by atoms with Crippen molar-refractivity contribution in [3.8, 4) is 0 Å². The predicted octanol–water partition coefficient (Wildman–Crippen LogP) is 4.65. The Morgan fingerprint density at radius 1 is 1.00 bits per heavy atom. The number of hydrogen-bond donors (Lipinski definition) is 1. The zero-order valence-electron chi connectivity index (χ0n) is 13.4. The van der Waals surface area contributed by atoms with E-state index in [1.165, 1.54) is 36.0 Å². The van der Waals surface area contributed by atoms with Crippen molar-refractivity contribution in [2.24, 2.45) is 5.92 Å². The van der Waals surface area contributed by atoms with Crippen LogP contribution in [0.5, 0.6) is 0 Å². The first kappa shape index (κ1) is 16.2. The summed E-state index contributed by atoms with van der Waals surface area (Å²) in [6.45, 7) is 12.4. The largest absolute Gasteiger partial charge is 0.314 e. The maximum atomic E-state index is 3.71. The first-order valence-corrected chi connectivity index (χ1v) is 7.81. The van der Waals surface area contributed by atoms with Crippen molar-refractivity contribution in [2.75, 3.05) is 6.54 Å². The lowest BCUT2D eigenvalue weighted by Crippen LogP contribution is -2.32. The molecule has 0 saturated heterocycles. The van der Waals surface area contributed by atoms with Crippen molar-refractivity contribution in [2.45, 2.75) is 66.3 Å². The topological polar surface area (TPSA) is 12.0 Å². The third-order valence-electron chi connectivity index (χ3n) is 3.54. The number of benzene rings is 1. The summed E-state index contributed by atoms with van der Waals surface area (Å²) >= 11 is 0. The van der Waals surface area contributed by atoms with Crippen LogP contribution in [0.3, 0.4) is 0 Å². The van der Waals surface area contributed by atoms with Gasteiger partial charge in [-0.1, -0.05) is 50.1 Å². The van der Waals surface area contributed by atoms with Gasteiger partial charge in [0.15, 0.2) is 0 Å². The first-order valence-electron chi connectivity index (χ1n) is 7.81. The second-order valence-electron chi connectivity index (χ2n) is 6.32. The lowest BCUT2D eigenvalue weighted by molar-refractivity contribution is 0.427. The highest BCUT2D eigenvalue weighted by Gasteiger charge is 2.10. The fraction of sp³-hybridized carbons (Fsp3) is 0.667. The van der Waals surface area contributed by atoms with Crippen LogP contribution in [-0.2, 0) is 6.42 Å². The van der Waals surface area contributed by atoms with E-state index in [-0.39, 0.29) is 0 Å². The summed E-state index contributed by atoms with van der Waals surface area (Å²) in [7, 11) is 0. The summed E-state index contributed by atoms with van der Waals surface area (Å²) < 4.78 is 0. The Morgan fingerprint density at radius 3 is 2.16 bits per heavy atom. The Morgan fingerprint density at radius 2 is 1.63 bits per heavy atom. The summed E-state index contributed by atoms with van der Waals surface area (Å²) in [5.41, 5.74) is 4.25. The lowest BCUT2D eigenvalue weighted by atomic mass is 9.96. The number of nitrogens with one attached hydrogen (secondary N) is 1. The number of rotatable bonds is 8. The Bertz CT molecular complexity index is 348. The van der Waals surface area contributed by atoms with Crippen LogP contribution in [0.2, 0.25) is 0 Å². The molecule has 0 aliphatic rings. The van der Waals surface area contributed by atoms with Crippen LogP contribution >= 0.6 is 0 Å². The highest BCUT2D eigenvalue weighted by atomic mass is 14.9. The molecule has 1 aromatic carbocycles.